The molecule has 0 saturated carbocycles. The van der Waals surface area contributed by atoms with E-state index in [2.05, 4.69) is 5.32 Å². The first kappa shape index (κ1) is 28.9. The molecule has 1 atom stereocenters. The van der Waals surface area contributed by atoms with Crippen LogP contribution in [0.25, 0.3) is 0 Å². The molecule has 0 aromatic heterocycles. The average Bonchev–Trinajstić information content (AvgIpc) is 2.74. The van der Waals surface area contributed by atoms with E-state index in [1.54, 1.807) is 37.3 Å². The van der Waals surface area contributed by atoms with E-state index in [1.807, 2.05) is 33.8 Å². The molecule has 0 spiro atoms. The van der Waals surface area contributed by atoms with Gasteiger partial charge in [0.2, 0.25) is 21.8 Å². The lowest BCUT2D eigenvalue weighted by Gasteiger charge is -2.32. The molecule has 0 saturated heterocycles. The summed E-state index contributed by atoms with van der Waals surface area (Å²) in [5.41, 5.74) is 2.80. The lowest BCUT2D eigenvalue weighted by Crippen LogP contribution is -2.51. The molecule has 10 heteroatoms. The van der Waals surface area contributed by atoms with Crippen LogP contribution in [0.2, 0.25) is 10.0 Å². The second-order valence-corrected chi connectivity index (χ2v) is 11.9. The number of hydrogen-bond donors (Lipinski definition) is 1. The summed E-state index contributed by atoms with van der Waals surface area (Å²) in [6, 6.07) is 9.45. The van der Waals surface area contributed by atoms with Crippen molar-refractivity contribution in [2.45, 2.75) is 47.2 Å². The van der Waals surface area contributed by atoms with E-state index in [1.165, 1.54) is 4.90 Å². The molecule has 0 aliphatic carbocycles. The van der Waals surface area contributed by atoms with Crippen LogP contribution in [-0.2, 0) is 26.2 Å². The Kier molecular flexibility index (Phi) is 10.0. The monoisotopic (exact) mass is 541 g/mol. The standard InChI is InChI=1S/C25H33Cl2N3O4S/c1-16(2)13-28-25(32)19(5)29(14-20-7-8-22(26)23(27)12-20)24(31)15-30(35(6,33)34)21-10-17(3)9-18(4)11-21/h7-12,16,19H,13-15H2,1-6H3,(H,28,32). The molecule has 0 radical (unpaired) electrons. The number of benzene rings is 2. The maximum atomic E-state index is 13.6. The zero-order chi connectivity index (χ0) is 26.5. The van der Waals surface area contributed by atoms with Crippen LogP contribution in [0, 0.1) is 19.8 Å². The van der Waals surface area contributed by atoms with Crippen molar-refractivity contribution in [3.8, 4) is 0 Å². The second kappa shape index (κ2) is 12.1. The Morgan fingerprint density at radius 1 is 0.971 bits per heavy atom. The van der Waals surface area contributed by atoms with Gasteiger partial charge in [0.25, 0.3) is 0 Å². The molecule has 35 heavy (non-hydrogen) atoms. The Labute approximate surface area is 218 Å². The van der Waals surface area contributed by atoms with Crippen molar-refractivity contribution in [3.05, 3.63) is 63.1 Å². The van der Waals surface area contributed by atoms with Gasteiger partial charge >= 0.3 is 0 Å². The molecule has 1 N–H and O–H groups in total. The molecule has 0 fully saturated rings. The third kappa shape index (κ3) is 8.40. The van der Waals surface area contributed by atoms with E-state index >= 15 is 0 Å². The van der Waals surface area contributed by atoms with Crippen molar-refractivity contribution >= 4 is 50.7 Å². The number of nitrogens with one attached hydrogen (secondary N) is 1. The quantitative estimate of drug-likeness (QED) is 0.477. The summed E-state index contributed by atoms with van der Waals surface area (Å²) in [5.74, 6) is -0.618. The largest absolute Gasteiger partial charge is 0.354 e. The minimum atomic E-state index is -3.79. The van der Waals surface area contributed by atoms with Crippen LogP contribution in [0.1, 0.15) is 37.5 Å². The van der Waals surface area contributed by atoms with Gasteiger partial charge < -0.3 is 10.2 Å². The van der Waals surface area contributed by atoms with E-state index in [-0.39, 0.29) is 18.4 Å². The molecule has 1 unspecified atom stereocenters. The average molecular weight is 543 g/mol. The number of aryl methyl sites for hydroxylation is 2. The molecule has 0 aliphatic rings. The van der Waals surface area contributed by atoms with Crippen molar-refractivity contribution in [1.82, 2.24) is 10.2 Å². The van der Waals surface area contributed by atoms with E-state index < -0.39 is 28.5 Å². The lowest BCUT2D eigenvalue weighted by molar-refractivity contribution is -0.139. The number of amides is 2. The highest BCUT2D eigenvalue weighted by Crippen LogP contribution is 2.25. The fourth-order valence-corrected chi connectivity index (χ4v) is 4.73. The SMILES string of the molecule is Cc1cc(C)cc(N(CC(=O)N(Cc2ccc(Cl)c(Cl)c2)C(C)C(=O)NCC(C)C)S(C)(=O)=O)c1. The fraction of sp³-hybridized carbons (Fsp3) is 0.440. The van der Waals surface area contributed by atoms with Crippen molar-refractivity contribution in [3.63, 3.8) is 0 Å². The highest BCUT2D eigenvalue weighted by molar-refractivity contribution is 7.92. The number of hydrogen-bond acceptors (Lipinski definition) is 4. The zero-order valence-electron chi connectivity index (χ0n) is 20.9. The molecule has 2 aromatic rings. The van der Waals surface area contributed by atoms with Crippen molar-refractivity contribution in [2.75, 3.05) is 23.7 Å². The van der Waals surface area contributed by atoms with Crippen LogP contribution in [0.15, 0.2) is 36.4 Å². The second-order valence-electron chi connectivity index (χ2n) is 9.20. The maximum Gasteiger partial charge on any atom is 0.244 e. The van der Waals surface area contributed by atoms with Gasteiger partial charge in [-0.25, -0.2) is 8.42 Å². The summed E-state index contributed by atoms with van der Waals surface area (Å²) in [6.45, 7) is 9.33. The number of anilines is 1. The molecule has 2 amide bonds. The van der Waals surface area contributed by atoms with Crippen LogP contribution in [0.3, 0.4) is 0 Å². The Morgan fingerprint density at radius 3 is 2.09 bits per heavy atom. The van der Waals surface area contributed by atoms with Gasteiger partial charge in [0.05, 0.1) is 22.0 Å². The van der Waals surface area contributed by atoms with Gasteiger partial charge in [0.1, 0.15) is 12.6 Å². The van der Waals surface area contributed by atoms with Crippen molar-refractivity contribution in [1.29, 1.82) is 0 Å². The van der Waals surface area contributed by atoms with Gasteiger partial charge in [-0.1, -0.05) is 49.2 Å². The summed E-state index contributed by atoms with van der Waals surface area (Å²) in [4.78, 5) is 27.8. The van der Waals surface area contributed by atoms with Gasteiger partial charge in [-0.05, 0) is 67.6 Å². The number of carbonyl (C=O) groups is 2. The van der Waals surface area contributed by atoms with Gasteiger partial charge in [-0.3, -0.25) is 13.9 Å². The Hall–Kier alpha value is -2.29. The molecule has 192 valence electrons. The summed E-state index contributed by atoms with van der Waals surface area (Å²) >= 11 is 12.2. The van der Waals surface area contributed by atoms with Gasteiger partial charge in [-0.15, -0.1) is 0 Å². The van der Waals surface area contributed by atoms with Gasteiger partial charge in [0, 0.05) is 13.1 Å². The number of halogens is 2. The molecule has 0 aliphatic heterocycles. The highest BCUT2D eigenvalue weighted by Gasteiger charge is 2.30. The van der Waals surface area contributed by atoms with Gasteiger partial charge in [-0.2, -0.15) is 0 Å². The molecule has 2 aromatic carbocycles. The smallest absolute Gasteiger partial charge is 0.244 e. The Balaban J connectivity index is 2.42. The summed E-state index contributed by atoms with van der Waals surface area (Å²) in [5, 5.41) is 3.53. The minimum absolute atomic E-state index is 0.0520. The van der Waals surface area contributed by atoms with Gasteiger partial charge in [0.15, 0.2) is 0 Å². The first-order chi connectivity index (χ1) is 16.2. The first-order valence-corrected chi connectivity index (χ1v) is 13.9. The molecular formula is C25H33Cl2N3O4S. The molecule has 7 nitrogen and oxygen atoms in total. The molecule has 0 bridgehead atoms. The van der Waals surface area contributed by atoms with Crippen LogP contribution in [0.4, 0.5) is 5.69 Å². The highest BCUT2D eigenvalue weighted by atomic mass is 35.5. The predicted molar refractivity (Wildman–Crippen MR) is 142 cm³/mol. The van der Waals surface area contributed by atoms with E-state index in [9.17, 15) is 18.0 Å². The van der Waals surface area contributed by atoms with Crippen LogP contribution in [-0.4, -0.2) is 50.5 Å². The van der Waals surface area contributed by atoms with E-state index in [0.29, 0.717) is 27.8 Å². The Bertz CT molecular complexity index is 1160. The summed E-state index contributed by atoms with van der Waals surface area (Å²) < 4.78 is 26.4. The van der Waals surface area contributed by atoms with Crippen molar-refractivity contribution in [2.24, 2.45) is 5.92 Å². The third-order valence-corrected chi connectivity index (χ3v) is 7.24. The maximum absolute atomic E-state index is 13.6. The number of rotatable bonds is 10. The third-order valence-electron chi connectivity index (χ3n) is 5.36. The van der Waals surface area contributed by atoms with Crippen LogP contribution < -0.4 is 9.62 Å². The first-order valence-electron chi connectivity index (χ1n) is 11.3. The van der Waals surface area contributed by atoms with Crippen molar-refractivity contribution < 1.29 is 18.0 Å². The topological polar surface area (TPSA) is 86.8 Å². The zero-order valence-corrected chi connectivity index (χ0v) is 23.3. The number of nitrogens with zero attached hydrogens (tertiary/aromatic N) is 2. The predicted octanol–water partition coefficient (Wildman–Crippen LogP) is 4.57. The number of carbonyl (C=O) groups excluding carboxylic acids is 2. The van der Waals surface area contributed by atoms with E-state index in [0.717, 1.165) is 21.7 Å². The lowest BCUT2D eigenvalue weighted by atomic mass is 10.1. The number of sulfonamides is 1. The Morgan fingerprint density at radius 2 is 1.57 bits per heavy atom. The molecular weight excluding hydrogens is 509 g/mol. The fourth-order valence-electron chi connectivity index (χ4n) is 3.58. The molecule has 0 heterocycles. The van der Waals surface area contributed by atoms with E-state index in [4.69, 9.17) is 23.2 Å². The minimum Gasteiger partial charge on any atom is -0.354 e. The molecule has 2 rings (SSSR count). The van der Waals surface area contributed by atoms with Crippen LogP contribution >= 0.6 is 23.2 Å². The normalized spacial score (nSPS) is 12.4. The van der Waals surface area contributed by atoms with Crippen LogP contribution in [0.5, 0.6) is 0 Å². The summed E-state index contributed by atoms with van der Waals surface area (Å²) in [7, 11) is -3.79. The summed E-state index contributed by atoms with van der Waals surface area (Å²) in [6.07, 6.45) is 1.06.